The molecular weight excluding hydrogens is 300 g/mol. The number of aromatic nitrogens is 3. The summed E-state index contributed by atoms with van der Waals surface area (Å²) in [6.07, 6.45) is 5.05. The van der Waals surface area contributed by atoms with E-state index in [1.165, 1.54) is 17.5 Å². The SMILES string of the molecule is Cc1ccc(CNc2ncnc(NCc3cccnc3)c2N)cc1. The summed E-state index contributed by atoms with van der Waals surface area (Å²) in [5.74, 6) is 1.24. The monoisotopic (exact) mass is 320 g/mol. The van der Waals surface area contributed by atoms with Crippen LogP contribution in [-0.2, 0) is 13.1 Å². The molecule has 3 rings (SSSR count). The molecule has 4 N–H and O–H groups in total. The summed E-state index contributed by atoms with van der Waals surface area (Å²) >= 11 is 0. The molecule has 0 radical (unpaired) electrons. The molecule has 0 aliphatic carbocycles. The number of rotatable bonds is 6. The van der Waals surface area contributed by atoms with Gasteiger partial charge in [-0.05, 0) is 24.1 Å². The number of benzene rings is 1. The third kappa shape index (κ3) is 3.98. The van der Waals surface area contributed by atoms with Crippen molar-refractivity contribution in [3.05, 3.63) is 71.8 Å². The van der Waals surface area contributed by atoms with Crippen LogP contribution in [0.15, 0.2) is 55.1 Å². The van der Waals surface area contributed by atoms with Crippen LogP contribution < -0.4 is 16.4 Å². The molecule has 0 bridgehead atoms. The molecule has 0 aliphatic heterocycles. The van der Waals surface area contributed by atoms with E-state index in [-0.39, 0.29) is 0 Å². The van der Waals surface area contributed by atoms with Gasteiger partial charge in [-0.25, -0.2) is 9.97 Å². The van der Waals surface area contributed by atoms with E-state index in [1.54, 1.807) is 12.4 Å². The second-order valence-corrected chi connectivity index (χ2v) is 5.54. The van der Waals surface area contributed by atoms with Crippen molar-refractivity contribution >= 4 is 17.3 Å². The Balaban J connectivity index is 1.65. The zero-order valence-corrected chi connectivity index (χ0v) is 13.5. The van der Waals surface area contributed by atoms with E-state index in [0.717, 1.165) is 5.56 Å². The highest BCUT2D eigenvalue weighted by Crippen LogP contribution is 2.23. The van der Waals surface area contributed by atoms with Gasteiger partial charge in [0.1, 0.15) is 12.0 Å². The first-order valence-corrected chi connectivity index (χ1v) is 7.75. The summed E-state index contributed by atoms with van der Waals surface area (Å²) in [6, 6.07) is 12.2. The highest BCUT2D eigenvalue weighted by atomic mass is 15.1. The molecule has 2 aromatic heterocycles. The molecule has 0 spiro atoms. The maximum Gasteiger partial charge on any atom is 0.155 e. The molecule has 0 unspecified atom stereocenters. The topological polar surface area (TPSA) is 88.8 Å². The van der Waals surface area contributed by atoms with Crippen molar-refractivity contribution in [3.8, 4) is 0 Å². The zero-order chi connectivity index (χ0) is 16.8. The molecule has 3 aromatic rings. The van der Waals surface area contributed by atoms with Crippen LogP contribution in [0.4, 0.5) is 17.3 Å². The van der Waals surface area contributed by atoms with Crippen LogP contribution in [0.2, 0.25) is 0 Å². The third-order valence-electron chi connectivity index (χ3n) is 3.65. The predicted molar refractivity (Wildman–Crippen MR) is 96.5 cm³/mol. The molecule has 122 valence electrons. The van der Waals surface area contributed by atoms with Gasteiger partial charge in [-0.15, -0.1) is 0 Å². The minimum absolute atomic E-state index is 0.508. The van der Waals surface area contributed by atoms with Gasteiger partial charge >= 0.3 is 0 Å². The number of nitrogens with zero attached hydrogens (tertiary/aromatic N) is 3. The Bertz CT molecular complexity index is 786. The number of pyridine rings is 1. The maximum atomic E-state index is 6.17. The molecule has 0 atom stereocenters. The molecule has 24 heavy (non-hydrogen) atoms. The van der Waals surface area contributed by atoms with Crippen molar-refractivity contribution < 1.29 is 0 Å². The second-order valence-electron chi connectivity index (χ2n) is 5.54. The van der Waals surface area contributed by atoms with Crippen molar-refractivity contribution in [3.63, 3.8) is 0 Å². The minimum Gasteiger partial charge on any atom is -0.393 e. The number of hydrogen-bond acceptors (Lipinski definition) is 6. The first-order chi connectivity index (χ1) is 11.7. The molecule has 1 aromatic carbocycles. The maximum absolute atomic E-state index is 6.17. The Hall–Kier alpha value is -3.15. The molecule has 0 saturated heterocycles. The number of nitrogens with one attached hydrogen (secondary N) is 2. The average Bonchev–Trinajstić information content (AvgIpc) is 2.62. The highest BCUT2D eigenvalue weighted by Gasteiger charge is 2.07. The Labute approximate surface area is 141 Å². The molecule has 0 saturated carbocycles. The van der Waals surface area contributed by atoms with Crippen LogP contribution in [0.1, 0.15) is 16.7 Å². The van der Waals surface area contributed by atoms with Crippen LogP contribution in [0.5, 0.6) is 0 Å². The van der Waals surface area contributed by atoms with Crippen LogP contribution >= 0.6 is 0 Å². The number of hydrogen-bond donors (Lipinski definition) is 3. The molecule has 2 heterocycles. The van der Waals surface area contributed by atoms with Gasteiger partial charge in [0.2, 0.25) is 0 Å². The summed E-state index contributed by atoms with van der Waals surface area (Å²) in [5.41, 5.74) is 10.1. The summed E-state index contributed by atoms with van der Waals surface area (Å²) in [4.78, 5) is 12.5. The first-order valence-electron chi connectivity index (χ1n) is 7.75. The van der Waals surface area contributed by atoms with Gasteiger partial charge in [0.05, 0.1) is 0 Å². The fraction of sp³-hybridized carbons (Fsp3) is 0.167. The predicted octanol–water partition coefficient (Wildman–Crippen LogP) is 2.99. The van der Waals surface area contributed by atoms with Crippen molar-refractivity contribution in [1.29, 1.82) is 0 Å². The van der Waals surface area contributed by atoms with Crippen molar-refractivity contribution in [2.75, 3.05) is 16.4 Å². The Morgan fingerprint density at radius 1 is 0.917 bits per heavy atom. The third-order valence-corrected chi connectivity index (χ3v) is 3.65. The van der Waals surface area contributed by atoms with E-state index >= 15 is 0 Å². The quantitative estimate of drug-likeness (QED) is 0.647. The number of nitrogens with two attached hydrogens (primary N) is 1. The minimum atomic E-state index is 0.508. The standard InChI is InChI=1S/C18H20N6/c1-13-4-6-14(7-5-13)10-21-17-16(19)18(24-12-23-17)22-11-15-3-2-8-20-9-15/h2-9,12H,10-11,19H2,1H3,(H2,21,22,23,24). The lowest BCUT2D eigenvalue weighted by molar-refractivity contribution is 1.05. The first kappa shape index (κ1) is 15.7. The van der Waals surface area contributed by atoms with Crippen molar-refractivity contribution in [2.24, 2.45) is 0 Å². The summed E-state index contributed by atoms with van der Waals surface area (Å²) in [6.45, 7) is 3.33. The van der Waals surface area contributed by atoms with E-state index in [4.69, 9.17) is 5.73 Å². The lowest BCUT2D eigenvalue weighted by atomic mass is 10.1. The van der Waals surface area contributed by atoms with Gasteiger partial charge in [0.15, 0.2) is 11.6 Å². The van der Waals surface area contributed by atoms with Crippen molar-refractivity contribution in [1.82, 2.24) is 15.0 Å². The lowest BCUT2D eigenvalue weighted by Crippen LogP contribution is -2.10. The van der Waals surface area contributed by atoms with E-state index in [9.17, 15) is 0 Å². The van der Waals surface area contributed by atoms with E-state index in [0.29, 0.717) is 30.4 Å². The van der Waals surface area contributed by atoms with Gasteiger partial charge in [0.25, 0.3) is 0 Å². The van der Waals surface area contributed by atoms with E-state index in [1.807, 2.05) is 12.1 Å². The zero-order valence-electron chi connectivity index (χ0n) is 13.5. The lowest BCUT2D eigenvalue weighted by Gasteiger charge is -2.12. The van der Waals surface area contributed by atoms with Gasteiger partial charge in [-0.3, -0.25) is 4.98 Å². The fourth-order valence-electron chi connectivity index (χ4n) is 2.26. The van der Waals surface area contributed by atoms with E-state index in [2.05, 4.69) is 56.8 Å². The van der Waals surface area contributed by atoms with Gasteiger partial charge in [0, 0.05) is 25.5 Å². The van der Waals surface area contributed by atoms with Crippen LogP contribution in [-0.4, -0.2) is 15.0 Å². The smallest absolute Gasteiger partial charge is 0.155 e. The molecule has 6 heteroatoms. The number of aryl methyl sites for hydroxylation is 1. The van der Waals surface area contributed by atoms with Crippen molar-refractivity contribution in [2.45, 2.75) is 20.0 Å². The summed E-state index contributed by atoms with van der Waals surface area (Å²) < 4.78 is 0. The molecule has 6 nitrogen and oxygen atoms in total. The van der Waals surface area contributed by atoms with Crippen LogP contribution in [0.3, 0.4) is 0 Å². The van der Waals surface area contributed by atoms with Gasteiger partial charge in [-0.1, -0.05) is 35.9 Å². The summed E-state index contributed by atoms with van der Waals surface area (Å²) in [7, 11) is 0. The van der Waals surface area contributed by atoms with Crippen LogP contribution in [0.25, 0.3) is 0 Å². The molecule has 0 aliphatic rings. The van der Waals surface area contributed by atoms with Crippen LogP contribution in [0, 0.1) is 6.92 Å². The Morgan fingerprint density at radius 3 is 2.21 bits per heavy atom. The number of nitrogen functional groups attached to an aromatic ring is 1. The molecule has 0 fully saturated rings. The van der Waals surface area contributed by atoms with Gasteiger partial charge in [-0.2, -0.15) is 0 Å². The largest absolute Gasteiger partial charge is 0.393 e. The average molecular weight is 320 g/mol. The second kappa shape index (κ2) is 7.41. The van der Waals surface area contributed by atoms with E-state index < -0.39 is 0 Å². The Kier molecular flexibility index (Phi) is 4.86. The fourth-order valence-corrected chi connectivity index (χ4v) is 2.26. The number of anilines is 3. The molecule has 0 amide bonds. The molecular formula is C18H20N6. The summed E-state index contributed by atoms with van der Waals surface area (Å²) in [5, 5.41) is 6.48. The highest BCUT2D eigenvalue weighted by molar-refractivity contribution is 5.74. The normalized spacial score (nSPS) is 10.4. The van der Waals surface area contributed by atoms with Gasteiger partial charge < -0.3 is 16.4 Å². The Morgan fingerprint density at radius 2 is 1.58 bits per heavy atom.